The summed E-state index contributed by atoms with van der Waals surface area (Å²) in [7, 11) is 0. The van der Waals surface area contributed by atoms with Crippen molar-refractivity contribution in [3.05, 3.63) is 90.0 Å². The summed E-state index contributed by atoms with van der Waals surface area (Å²) in [4.78, 5) is 5.11. The molecule has 0 bridgehead atoms. The molecule has 4 heterocycles. The third-order valence-corrected chi connectivity index (χ3v) is 11.7. The van der Waals surface area contributed by atoms with E-state index < -0.39 is 0 Å². The van der Waals surface area contributed by atoms with Gasteiger partial charge in [0.05, 0.1) is 9.79 Å². The minimum Gasteiger partial charge on any atom is -0.455 e. The fourth-order valence-corrected chi connectivity index (χ4v) is 9.81. The molecule has 2 nitrogen and oxygen atoms in total. The monoisotopic (exact) mass is 594 g/mol. The molecule has 2 aliphatic heterocycles. The summed E-state index contributed by atoms with van der Waals surface area (Å²) in [5.74, 6) is 0. The summed E-state index contributed by atoms with van der Waals surface area (Å²) in [6.07, 6.45) is 0. The predicted molar refractivity (Wildman–Crippen MR) is 184 cm³/mol. The number of rotatable bonds is 0. The molecule has 0 amide bonds. The van der Waals surface area contributed by atoms with Gasteiger partial charge in [-0.25, -0.2) is 0 Å². The minimum atomic E-state index is -0.00750. The van der Waals surface area contributed by atoms with E-state index in [2.05, 4.69) is 120 Å². The van der Waals surface area contributed by atoms with Crippen molar-refractivity contribution in [2.45, 2.75) is 72.0 Å². The van der Waals surface area contributed by atoms with Crippen molar-refractivity contribution >= 4 is 90.5 Å². The summed E-state index contributed by atoms with van der Waals surface area (Å²) in [5, 5.41) is 4.78. The maximum absolute atomic E-state index is 6.86. The Hall–Kier alpha value is -3.54. The van der Waals surface area contributed by atoms with Crippen LogP contribution in [0.5, 0.6) is 0 Å². The Balaban J connectivity index is 1.33. The zero-order chi connectivity index (χ0) is 29.4. The van der Waals surface area contributed by atoms with E-state index in [1.807, 2.05) is 23.5 Å². The van der Waals surface area contributed by atoms with Crippen molar-refractivity contribution in [1.82, 2.24) is 0 Å². The molecule has 0 radical (unpaired) electrons. The summed E-state index contributed by atoms with van der Waals surface area (Å²) in [6, 6.07) is 29.2. The third-order valence-electron chi connectivity index (χ3n) is 9.28. The van der Waals surface area contributed by atoms with Crippen LogP contribution in [0.25, 0.3) is 43.9 Å². The zero-order valence-corrected chi connectivity index (χ0v) is 26.8. The van der Waals surface area contributed by atoms with Crippen LogP contribution in [-0.4, -0.2) is 6.71 Å². The van der Waals surface area contributed by atoms with E-state index >= 15 is 0 Å². The first kappa shape index (κ1) is 25.9. The molecule has 5 heteroatoms. The molecule has 43 heavy (non-hydrogen) atoms. The van der Waals surface area contributed by atoms with Gasteiger partial charge in [-0.05, 0) is 28.4 Å². The average Bonchev–Trinajstić information content (AvgIpc) is 3.55. The molecule has 5 aromatic carbocycles. The van der Waals surface area contributed by atoms with Gasteiger partial charge in [0.25, 0.3) is 0 Å². The lowest BCUT2D eigenvalue weighted by Crippen LogP contribution is -2.58. The SMILES string of the molecule is CC(C)(C)c1cccc2c1oc1c3c(ccc12)B1c2ccc4c(oc5c(C(C)(C)C)cccc54)c2Sc2cccc(c21)S3. The van der Waals surface area contributed by atoms with Crippen LogP contribution >= 0.6 is 23.5 Å². The maximum atomic E-state index is 6.86. The Morgan fingerprint density at radius 2 is 0.907 bits per heavy atom. The molecule has 210 valence electrons. The first-order valence-corrected chi connectivity index (χ1v) is 16.7. The van der Waals surface area contributed by atoms with E-state index in [4.69, 9.17) is 8.83 Å². The lowest BCUT2D eigenvalue weighted by Gasteiger charge is -2.32. The van der Waals surface area contributed by atoms with Gasteiger partial charge in [-0.1, -0.05) is 143 Å². The molecule has 0 fully saturated rings. The number of hydrogen-bond donors (Lipinski definition) is 0. The number of fused-ring (bicyclic) bond motifs is 12. The van der Waals surface area contributed by atoms with Gasteiger partial charge in [-0.2, -0.15) is 0 Å². The van der Waals surface area contributed by atoms with Crippen LogP contribution in [0.2, 0.25) is 0 Å². The second-order valence-corrected chi connectivity index (χ2v) is 16.2. The molecule has 2 aliphatic rings. The lowest BCUT2D eigenvalue weighted by atomic mass is 9.36. The van der Waals surface area contributed by atoms with Crippen molar-refractivity contribution < 1.29 is 8.83 Å². The highest BCUT2D eigenvalue weighted by molar-refractivity contribution is 8.01. The Bertz CT molecular complexity index is 2170. The number of furan rings is 2. The van der Waals surface area contributed by atoms with Gasteiger partial charge in [-0.15, -0.1) is 0 Å². The Labute approximate surface area is 260 Å². The van der Waals surface area contributed by atoms with Gasteiger partial charge in [-0.3, -0.25) is 0 Å². The van der Waals surface area contributed by atoms with E-state index in [-0.39, 0.29) is 17.5 Å². The maximum Gasteiger partial charge on any atom is 0.247 e. The highest BCUT2D eigenvalue weighted by atomic mass is 32.2. The molecular weight excluding hydrogens is 563 g/mol. The van der Waals surface area contributed by atoms with Crippen LogP contribution in [0.4, 0.5) is 0 Å². The van der Waals surface area contributed by atoms with Crippen molar-refractivity contribution in [2.24, 2.45) is 0 Å². The Morgan fingerprint density at radius 3 is 1.35 bits per heavy atom. The summed E-state index contributed by atoms with van der Waals surface area (Å²) < 4.78 is 13.7. The zero-order valence-electron chi connectivity index (χ0n) is 25.2. The smallest absolute Gasteiger partial charge is 0.247 e. The molecule has 0 atom stereocenters. The van der Waals surface area contributed by atoms with Crippen LogP contribution in [0, 0.1) is 0 Å². The van der Waals surface area contributed by atoms with Crippen LogP contribution < -0.4 is 16.4 Å². The largest absolute Gasteiger partial charge is 0.455 e. The van der Waals surface area contributed by atoms with Crippen molar-refractivity contribution in [3.63, 3.8) is 0 Å². The second-order valence-electron chi connectivity index (χ2n) is 14.1. The first-order valence-electron chi connectivity index (χ1n) is 15.1. The van der Waals surface area contributed by atoms with Crippen molar-refractivity contribution in [2.75, 3.05) is 0 Å². The van der Waals surface area contributed by atoms with E-state index in [0.29, 0.717) is 0 Å². The first-order chi connectivity index (χ1) is 20.6. The number of hydrogen-bond acceptors (Lipinski definition) is 4. The van der Waals surface area contributed by atoms with Crippen molar-refractivity contribution in [3.8, 4) is 0 Å². The topological polar surface area (TPSA) is 26.3 Å². The molecule has 0 saturated heterocycles. The van der Waals surface area contributed by atoms with Gasteiger partial charge in [0.1, 0.15) is 22.3 Å². The van der Waals surface area contributed by atoms with E-state index in [1.165, 1.54) is 68.6 Å². The van der Waals surface area contributed by atoms with E-state index in [0.717, 1.165) is 22.3 Å². The van der Waals surface area contributed by atoms with E-state index in [1.54, 1.807) is 0 Å². The van der Waals surface area contributed by atoms with Gasteiger partial charge in [0.2, 0.25) is 6.71 Å². The predicted octanol–water partition coefficient (Wildman–Crippen LogP) is 9.53. The fourth-order valence-electron chi connectivity index (χ4n) is 7.24. The highest BCUT2D eigenvalue weighted by Gasteiger charge is 2.40. The molecule has 0 saturated carbocycles. The number of benzene rings is 5. The Morgan fingerprint density at radius 1 is 0.488 bits per heavy atom. The average molecular weight is 595 g/mol. The molecule has 0 N–H and O–H groups in total. The number of para-hydroxylation sites is 2. The van der Waals surface area contributed by atoms with Gasteiger partial charge >= 0.3 is 0 Å². The van der Waals surface area contributed by atoms with Gasteiger partial charge < -0.3 is 8.83 Å². The van der Waals surface area contributed by atoms with Crippen LogP contribution in [0.3, 0.4) is 0 Å². The highest BCUT2D eigenvalue weighted by Crippen LogP contribution is 2.46. The molecule has 0 unspecified atom stereocenters. The molecule has 2 aromatic heterocycles. The van der Waals surface area contributed by atoms with Gasteiger partial charge in [0, 0.05) is 42.5 Å². The lowest BCUT2D eigenvalue weighted by molar-refractivity contribution is 0.571. The van der Waals surface area contributed by atoms with Crippen LogP contribution in [0.15, 0.2) is 107 Å². The summed E-state index contributed by atoms with van der Waals surface area (Å²) >= 11 is 3.73. The molecule has 9 rings (SSSR count). The molecule has 7 aromatic rings. The van der Waals surface area contributed by atoms with Crippen molar-refractivity contribution in [1.29, 1.82) is 0 Å². The second kappa shape index (κ2) is 8.55. The van der Waals surface area contributed by atoms with Crippen LogP contribution in [-0.2, 0) is 10.8 Å². The molecular formula is C38H31BO2S2. The minimum absolute atomic E-state index is 0.00750. The normalized spacial score (nSPS) is 14.5. The third kappa shape index (κ3) is 3.52. The van der Waals surface area contributed by atoms with Crippen LogP contribution in [0.1, 0.15) is 52.7 Å². The standard InChI is InChI=1S/C38H31BO2S2/c1-37(2,3)24-12-7-10-20-22-16-18-26-35(33(22)40-31(20)24)42-28-14-9-15-29-30(28)39(26)27-19-17-23-21-11-8-13-25(38(4,5)6)32(21)41-34(23)36(27)43-29/h7-19H,1-6H3. The molecule has 0 aliphatic carbocycles. The quantitative estimate of drug-likeness (QED) is 0.163. The Kier molecular flexibility index (Phi) is 5.15. The fraction of sp³-hybridized carbons (Fsp3) is 0.211. The van der Waals surface area contributed by atoms with E-state index in [9.17, 15) is 0 Å². The summed E-state index contributed by atoms with van der Waals surface area (Å²) in [5.41, 5.74) is 10.6. The molecule has 0 spiro atoms. The summed E-state index contributed by atoms with van der Waals surface area (Å²) in [6.45, 7) is 13.7. The van der Waals surface area contributed by atoms with Gasteiger partial charge in [0.15, 0.2) is 0 Å².